The van der Waals surface area contributed by atoms with Crippen molar-refractivity contribution in [2.24, 2.45) is 5.92 Å². The number of hydrogen-bond acceptors (Lipinski definition) is 1. The topological polar surface area (TPSA) is 20.3 Å². The van der Waals surface area contributed by atoms with Crippen LogP contribution in [-0.2, 0) is 0 Å². The number of halogens is 3. The number of alkyl halides is 1. The average molecular weight is 274 g/mol. The number of rotatable bonds is 2. The Morgan fingerprint density at radius 2 is 2.00 bits per heavy atom. The highest BCUT2D eigenvalue weighted by Gasteiger charge is 2.25. The molecule has 0 unspecified atom stereocenters. The SMILES string of the molecule is O=C(c1cc(F)ccc1F)N1CCC(CCl)CC1. The van der Waals surface area contributed by atoms with Crippen LogP contribution < -0.4 is 0 Å². The maximum atomic E-state index is 13.5. The highest BCUT2D eigenvalue weighted by molar-refractivity contribution is 6.18. The van der Waals surface area contributed by atoms with E-state index >= 15 is 0 Å². The second-order valence-corrected chi connectivity index (χ2v) is 4.82. The van der Waals surface area contributed by atoms with E-state index < -0.39 is 17.5 Å². The van der Waals surface area contributed by atoms with Crippen molar-refractivity contribution < 1.29 is 13.6 Å². The Kier molecular flexibility index (Phi) is 4.17. The van der Waals surface area contributed by atoms with Crippen molar-refractivity contribution in [1.29, 1.82) is 0 Å². The molecule has 0 atom stereocenters. The van der Waals surface area contributed by atoms with Crippen molar-refractivity contribution in [3.05, 3.63) is 35.4 Å². The number of amides is 1. The van der Waals surface area contributed by atoms with Gasteiger partial charge in [0.15, 0.2) is 0 Å². The van der Waals surface area contributed by atoms with Crippen LogP contribution in [0.5, 0.6) is 0 Å². The molecule has 1 heterocycles. The fourth-order valence-corrected chi connectivity index (χ4v) is 2.43. The quantitative estimate of drug-likeness (QED) is 0.759. The lowest BCUT2D eigenvalue weighted by Crippen LogP contribution is -2.39. The highest BCUT2D eigenvalue weighted by Crippen LogP contribution is 2.21. The van der Waals surface area contributed by atoms with Gasteiger partial charge in [-0.2, -0.15) is 0 Å². The van der Waals surface area contributed by atoms with Crippen LogP contribution in [0.25, 0.3) is 0 Å². The molecule has 2 rings (SSSR count). The fraction of sp³-hybridized carbons (Fsp3) is 0.462. The van der Waals surface area contributed by atoms with Crippen molar-refractivity contribution >= 4 is 17.5 Å². The lowest BCUT2D eigenvalue weighted by atomic mass is 9.98. The fourth-order valence-electron chi connectivity index (χ4n) is 2.12. The van der Waals surface area contributed by atoms with E-state index in [1.54, 1.807) is 4.90 Å². The maximum Gasteiger partial charge on any atom is 0.256 e. The third-order valence-electron chi connectivity index (χ3n) is 3.28. The van der Waals surface area contributed by atoms with Crippen LogP contribution in [0.3, 0.4) is 0 Å². The van der Waals surface area contributed by atoms with E-state index in [1.807, 2.05) is 0 Å². The molecular weight excluding hydrogens is 260 g/mol. The van der Waals surface area contributed by atoms with Crippen LogP contribution in [0.4, 0.5) is 8.78 Å². The summed E-state index contributed by atoms with van der Waals surface area (Å²) in [6.45, 7) is 1.10. The van der Waals surface area contributed by atoms with E-state index in [9.17, 15) is 13.6 Å². The molecule has 5 heteroatoms. The number of carbonyl (C=O) groups excluding carboxylic acids is 1. The Balaban J connectivity index is 2.10. The molecule has 0 aromatic heterocycles. The summed E-state index contributed by atoms with van der Waals surface area (Å²) in [6, 6.07) is 2.94. The predicted molar refractivity (Wildman–Crippen MR) is 65.7 cm³/mol. The van der Waals surface area contributed by atoms with Gasteiger partial charge < -0.3 is 4.90 Å². The van der Waals surface area contributed by atoms with Crippen LogP contribution in [0.1, 0.15) is 23.2 Å². The first-order valence-electron chi connectivity index (χ1n) is 5.92. The molecule has 1 aliphatic heterocycles. The van der Waals surface area contributed by atoms with Crippen molar-refractivity contribution in [3.8, 4) is 0 Å². The number of piperidine rings is 1. The Morgan fingerprint density at radius 1 is 1.33 bits per heavy atom. The minimum atomic E-state index is -0.680. The van der Waals surface area contributed by atoms with Gasteiger partial charge >= 0.3 is 0 Å². The van der Waals surface area contributed by atoms with Gasteiger partial charge in [0.25, 0.3) is 5.91 Å². The molecular formula is C13H14ClF2NO. The van der Waals surface area contributed by atoms with Gasteiger partial charge in [0.05, 0.1) is 5.56 Å². The second-order valence-electron chi connectivity index (χ2n) is 4.51. The minimum absolute atomic E-state index is 0.195. The van der Waals surface area contributed by atoms with E-state index in [1.165, 1.54) is 0 Å². The molecule has 2 nitrogen and oxygen atoms in total. The van der Waals surface area contributed by atoms with E-state index in [0.717, 1.165) is 31.0 Å². The molecule has 98 valence electrons. The number of likely N-dealkylation sites (tertiary alicyclic amines) is 1. The zero-order valence-electron chi connectivity index (χ0n) is 9.83. The van der Waals surface area contributed by atoms with E-state index in [0.29, 0.717) is 24.9 Å². The monoisotopic (exact) mass is 273 g/mol. The summed E-state index contributed by atoms with van der Waals surface area (Å²) in [5.74, 6) is -0.736. The number of benzene rings is 1. The maximum absolute atomic E-state index is 13.5. The van der Waals surface area contributed by atoms with Gasteiger partial charge in [0, 0.05) is 19.0 Å². The van der Waals surface area contributed by atoms with Crippen LogP contribution >= 0.6 is 11.6 Å². The van der Waals surface area contributed by atoms with Crippen molar-refractivity contribution in [1.82, 2.24) is 4.90 Å². The lowest BCUT2D eigenvalue weighted by Gasteiger charge is -2.31. The first kappa shape index (κ1) is 13.3. The van der Waals surface area contributed by atoms with Crippen molar-refractivity contribution in [2.75, 3.05) is 19.0 Å². The molecule has 1 amide bonds. The molecule has 1 aliphatic rings. The molecule has 1 aromatic carbocycles. The number of hydrogen-bond donors (Lipinski definition) is 0. The zero-order chi connectivity index (χ0) is 13.1. The van der Waals surface area contributed by atoms with Crippen LogP contribution in [0, 0.1) is 17.6 Å². The van der Waals surface area contributed by atoms with Gasteiger partial charge in [0.1, 0.15) is 11.6 Å². The molecule has 0 saturated carbocycles. The molecule has 18 heavy (non-hydrogen) atoms. The molecule has 0 N–H and O–H groups in total. The number of nitrogens with zero attached hydrogens (tertiary/aromatic N) is 1. The summed E-state index contributed by atoms with van der Waals surface area (Å²) >= 11 is 5.76. The summed E-state index contributed by atoms with van der Waals surface area (Å²) in [5, 5.41) is 0. The number of carbonyl (C=O) groups is 1. The van der Waals surface area contributed by atoms with Crippen molar-refractivity contribution in [2.45, 2.75) is 12.8 Å². The summed E-state index contributed by atoms with van der Waals surface area (Å²) in [7, 11) is 0. The van der Waals surface area contributed by atoms with Crippen LogP contribution in [0.15, 0.2) is 18.2 Å². The van der Waals surface area contributed by atoms with Gasteiger partial charge in [-0.05, 0) is 37.0 Å². The van der Waals surface area contributed by atoms with E-state index in [4.69, 9.17) is 11.6 Å². The van der Waals surface area contributed by atoms with Gasteiger partial charge in [-0.3, -0.25) is 4.79 Å². The largest absolute Gasteiger partial charge is 0.339 e. The molecule has 0 spiro atoms. The molecule has 0 bridgehead atoms. The molecule has 1 fully saturated rings. The third-order valence-corrected chi connectivity index (χ3v) is 3.72. The highest BCUT2D eigenvalue weighted by atomic mass is 35.5. The Morgan fingerprint density at radius 3 is 2.61 bits per heavy atom. The molecule has 0 aliphatic carbocycles. The second kappa shape index (κ2) is 5.65. The predicted octanol–water partition coefficient (Wildman–Crippen LogP) is 3.06. The molecule has 1 saturated heterocycles. The smallest absolute Gasteiger partial charge is 0.256 e. The van der Waals surface area contributed by atoms with Gasteiger partial charge in [-0.15, -0.1) is 11.6 Å². The summed E-state index contributed by atoms with van der Waals surface area (Å²) in [4.78, 5) is 13.6. The standard InChI is InChI=1S/C13H14ClF2NO/c14-8-9-3-5-17(6-4-9)13(18)11-7-10(15)1-2-12(11)16/h1-2,7,9H,3-6,8H2. The average Bonchev–Trinajstić information content (AvgIpc) is 2.41. The summed E-state index contributed by atoms with van der Waals surface area (Å²) in [6.07, 6.45) is 1.62. The molecule has 0 radical (unpaired) electrons. The minimum Gasteiger partial charge on any atom is -0.339 e. The first-order valence-corrected chi connectivity index (χ1v) is 6.45. The van der Waals surface area contributed by atoms with Crippen molar-refractivity contribution in [3.63, 3.8) is 0 Å². The van der Waals surface area contributed by atoms with Gasteiger partial charge in [0.2, 0.25) is 0 Å². The van der Waals surface area contributed by atoms with Crippen LogP contribution in [0.2, 0.25) is 0 Å². The Labute approximate surface area is 110 Å². The Hall–Kier alpha value is -1.16. The van der Waals surface area contributed by atoms with Crippen LogP contribution in [-0.4, -0.2) is 29.8 Å². The van der Waals surface area contributed by atoms with Gasteiger partial charge in [-0.25, -0.2) is 8.78 Å². The van der Waals surface area contributed by atoms with E-state index in [-0.39, 0.29) is 5.56 Å². The Bertz CT molecular complexity index is 445. The van der Waals surface area contributed by atoms with E-state index in [2.05, 4.69) is 0 Å². The lowest BCUT2D eigenvalue weighted by molar-refractivity contribution is 0.0693. The summed E-state index contributed by atoms with van der Waals surface area (Å²) < 4.78 is 26.5. The summed E-state index contributed by atoms with van der Waals surface area (Å²) in [5.41, 5.74) is -0.195. The molecule has 1 aromatic rings. The zero-order valence-corrected chi connectivity index (χ0v) is 10.6. The third kappa shape index (κ3) is 2.80. The normalized spacial score (nSPS) is 16.9. The van der Waals surface area contributed by atoms with Gasteiger partial charge in [-0.1, -0.05) is 0 Å². The first-order chi connectivity index (χ1) is 8.61.